The molecule has 1 aromatic heterocycles. The zero-order chi connectivity index (χ0) is 16.9. The van der Waals surface area contributed by atoms with Crippen molar-refractivity contribution in [3.05, 3.63) is 70.6 Å². The molecule has 0 aliphatic rings. The summed E-state index contributed by atoms with van der Waals surface area (Å²) in [6.07, 6.45) is 0.772. The molecule has 24 heavy (non-hydrogen) atoms. The van der Waals surface area contributed by atoms with Crippen molar-refractivity contribution in [2.45, 2.75) is 6.42 Å². The van der Waals surface area contributed by atoms with Crippen molar-refractivity contribution >= 4 is 33.2 Å². The predicted molar refractivity (Wildman–Crippen MR) is 93.6 cm³/mol. The molecule has 122 valence electrons. The molecule has 0 spiro atoms. The highest BCUT2D eigenvalue weighted by molar-refractivity contribution is 7.20. The van der Waals surface area contributed by atoms with Crippen LogP contribution in [0.2, 0.25) is 0 Å². The molecule has 0 aliphatic carbocycles. The highest BCUT2D eigenvalue weighted by atomic mass is 32.1. The minimum absolute atomic E-state index is 0.146. The van der Waals surface area contributed by atoms with Gasteiger partial charge >= 0.3 is 0 Å². The van der Waals surface area contributed by atoms with E-state index in [4.69, 9.17) is 5.21 Å². The number of rotatable bonds is 5. The number of fused-ring (bicyclic) bond motifs is 1. The Bertz CT molecular complexity index is 874. The summed E-state index contributed by atoms with van der Waals surface area (Å²) >= 11 is 1.26. The maximum atomic E-state index is 12.2. The van der Waals surface area contributed by atoms with Gasteiger partial charge in [0.25, 0.3) is 11.8 Å². The maximum absolute atomic E-state index is 12.2. The Morgan fingerprint density at radius 1 is 1.00 bits per heavy atom. The molecule has 0 saturated carbocycles. The lowest BCUT2D eigenvalue weighted by atomic mass is 10.1. The molecule has 3 aromatic rings. The van der Waals surface area contributed by atoms with Crippen LogP contribution in [0, 0.1) is 0 Å². The normalized spacial score (nSPS) is 10.5. The molecular weight excluding hydrogens is 324 g/mol. The molecule has 0 aliphatic heterocycles. The van der Waals surface area contributed by atoms with Gasteiger partial charge in [-0.15, -0.1) is 11.3 Å². The van der Waals surface area contributed by atoms with Gasteiger partial charge < -0.3 is 5.32 Å². The lowest BCUT2D eigenvalue weighted by molar-refractivity contribution is 0.0711. The van der Waals surface area contributed by atoms with Crippen molar-refractivity contribution in [3.8, 4) is 0 Å². The van der Waals surface area contributed by atoms with Crippen molar-refractivity contribution < 1.29 is 14.8 Å². The second-order valence-corrected chi connectivity index (χ2v) is 6.38. The van der Waals surface area contributed by atoms with Gasteiger partial charge in [0, 0.05) is 16.8 Å². The van der Waals surface area contributed by atoms with Crippen LogP contribution < -0.4 is 10.8 Å². The molecule has 2 aromatic carbocycles. The van der Waals surface area contributed by atoms with Gasteiger partial charge in [0.2, 0.25) is 0 Å². The summed E-state index contributed by atoms with van der Waals surface area (Å²) in [5, 5.41) is 12.4. The Balaban J connectivity index is 1.67. The Kier molecular flexibility index (Phi) is 4.88. The molecule has 0 saturated heterocycles. The van der Waals surface area contributed by atoms with E-state index in [1.807, 2.05) is 30.3 Å². The summed E-state index contributed by atoms with van der Waals surface area (Å²) in [4.78, 5) is 24.1. The van der Waals surface area contributed by atoms with Crippen LogP contribution in [-0.4, -0.2) is 23.6 Å². The van der Waals surface area contributed by atoms with Crippen LogP contribution in [-0.2, 0) is 6.42 Å². The summed E-state index contributed by atoms with van der Waals surface area (Å²) in [6.45, 7) is 0.558. The van der Waals surface area contributed by atoms with Gasteiger partial charge in [0.15, 0.2) is 0 Å². The summed E-state index contributed by atoms with van der Waals surface area (Å²) in [6, 6.07) is 16.9. The average molecular weight is 340 g/mol. The lowest BCUT2D eigenvalue weighted by Gasteiger charge is -2.05. The summed E-state index contributed by atoms with van der Waals surface area (Å²) in [5.41, 5.74) is 3.33. The monoisotopic (exact) mass is 340 g/mol. The molecule has 5 nitrogen and oxygen atoms in total. The average Bonchev–Trinajstić information content (AvgIpc) is 3.05. The Labute approximate surface area is 142 Å². The van der Waals surface area contributed by atoms with E-state index in [2.05, 4.69) is 5.32 Å². The van der Waals surface area contributed by atoms with E-state index >= 15 is 0 Å². The third-order valence-corrected chi connectivity index (χ3v) is 4.76. The first kappa shape index (κ1) is 16.2. The first-order valence-corrected chi connectivity index (χ1v) is 8.29. The van der Waals surface area contributed by atoms with Gasteiger partial charge in [-0.1, -0.05) is 30.3 Å². The molecule has 0 atom stereocenters. The molecule has 3 rings (SSSR count). The lowest BCUT2D eigenvalue weighted by Crippen LogP contribution is -2.25. The van der Waals surface area contributed by atoms with Crippen molar-refractivity contribution in [1.29, 1.82) is 0 Å². The minimum atomic E-state index is -0.551. The fraction of sp³-hybridized carbons (Fsp3) is 0.111. The van der Waals surface area contributed by atoms with E-state index in [0.29, 0.717) is 17.0 Å². The van der Waals surface area contributed by atoms with Crippen molar-refractivity contribution in [2.24, 2.45) is 0 Å². The fourth-order valence-electron chi connectivity index (χ4n) is 2.42. The van der Waals surface area contributed by atoms with Crippen LogP contribution in [0.5, 0.6) is 0 Å². The van der Waals surface area contributed by atoms with Gasteiger partial charge in [-0.3, -0.25) is 14.8 Å². The van der Waals surface area contributed by atoms with Gasteiger partial charge in [-0.05, 0) is 41.6 Å². The highest BCUT2D eigenvalue weighted by Crippen LogP contribution is 2.26. The minimum Gasteiger partial charge on any atom is -0.352 e. The molecule has 1 heterocycles. The number of benzene rings is 2. The molecule has 0 fully saturated rings. The molecule has 6 heteroatoms. The standard InChI is InChI=1S/C18H16N2O3S/c21-17(19-9-8-12-4-2-1-3-5-12)13-6-7-15-14(10-13)11-16(24-15)18(22)20-23/h1-7,10-11,23H,8-9H2,(H,19,21)(H,20,22). The highest BCUT2D eigenvalue weighted by Gasteiger charge is 2.11. The van der Waals surface area contributed by atoms with Gasteiger partial charge in [0.05, 0.1) is 4.88 Å². The van der Waals surface area contributed by atoms with E-state index < -0.39 is 5.91 Å². The second kappa shape index (κ2) is 7.25. The molecule has 3 N–H and O–H groups in total. The van der Waals surface area contributed by atoms with Crippen LogP contribution in [0.3, 0.4) is 0 Å². The second-order valence-electron chi connectivity index (χ2n) is 5.30. The van der Waals surface area contributed by atoms with E-state index in [9.17, 15) is 9.59 Å². The SMILES string of the molecule is O=C(NCCc1ccccc1)c1ccc2sc(C(=O)NO)cc2c1. The summed E-state index contributed by atoms with van der Waals surface area (Å²) in [7, 11) is 0. The summed E-state index contributed by atoms with van der Waals surface area (Å²) < 4.78 is 0.884. The van der Waals surface area contributed by atoms with Crippen molar-refractivity contribution in [1.82, 2.24) is 10.8 Å². The largest absolute Gasteiger partial charge is 0.352 e. The van der Waals surface area contributed by atoms with Crippen LogP contribution in [0.15, 0.2) is 54.6 Å². The molecule has 2 amide bonds. The van der Waals surface area contributed by atoms with Crippen LogP contribution >= 0.6 is 11.3 Å². The summed E-state index contributed by atoms with van der Waals surface area (Å²) in [5.74, 6) is -0.697. The number of carbonyl (C=O) groups is 2. The first-order chi connectivity index (χ1) is 11.7. The third-order valence-electron chi connectivity index (χ3n) is 3.65. The topological polar surface area (TPSA) is 78.4 Å². The van der Waals surface area contributed by atoms with Gasteiger partial charge in [-0.2, -0.15) is 0 Å². The van der Waals surface area contributed by atoms with Crippen LogP contribution in [0.1, 0.15) is 25.6 Å². The fourth-order valence-corrected chi connectivity index (χ4v) is 3.35. The van der Waals surface area contributed by atoms with E-state index in [1.165, 1.54) is 16.9 Å². The number of nitrogens with one attached hydrogen (secondary N) is 2. The number of carbonyl (C=O) groups excluding carboxylic acids is 2. The van der Waals surface area contributed by atoms with Crippen molar-refractivity contribution in [2.75, 3.05) is 6.54 Å². The number of thiophene rings is 1. The zero-order valence-corrected chi connectivity index (χ0v) is 13.6. The zero-order valence-electron chi connectivity index (χ0n) is 12.8. The van der Waals surface area contributed by atoms with E-state index in [-0.39, 0.29) is 5.91 Å². The first-order valence-electron chi connectivity index (χ1n) is 7.47. The molecular formula is C18H16N2O3S. The maximum Gasteiger partial charge on any atom is 0.284 e. The molecule has 0 radical (unpaired) electrons. The van der Waals surface area contributed by atoms with E-state index in [1.54, 1.807) is 29.7 Å². The van der Waals surface area contributed by atoms with Crippen LogP contribution in [0.4, 0.5) is 0 Å². The predicted octanol–water partition coefficient (Wildman–Crippen LogP) is 2.99. The number of hydroxylamine groups is 1. The quantitative estimate of drug-likeness (QED) is 0.493. The number of hydrogen-bond acceptors (Lipinski definition) is 4. The smallest absolute Gasteiger partial charge is 0.284 e. The Morgan fingerprint density at radius 2 is 1.79 bits per heavy atom. The number of amides is 2. The number of hydrogen-bond donors (Lipinski definition) is 3. The van der Waals surface area contributed by atoms with Gasteiger partial charge in [-0.25, -0.2) is 5.48 Å². The van der Waals surface area contributed by atoms with Crippen molar-refractivity contribution in [3.63, 3.8) is 0 Å². The van der Waals surface area contributed by atoms with Crippen LogP contribution in [0.25, 0.3) is 10.1 Å². The third kappa shape index (κ3) is 3.61. The molecule has 0 bridgehead atoms. The molecule has 0 unspecified atom stereocenters. The Morgan fingerprint density at radius 3 is 2.54 bits per heavy atom. The van der Waals surface area contributed by atoms with E-state index in [0.717, 1.165) is 16.5 Å². The van der Waals surface area contributed by atoms with Gasteiger partial charge in [0.1, 0.15) is 0 Å². The Hall–Kier alpha value is -2.70.